The Kier molecular flexibility index (Phi) is 6.48. The smallest absolute Gasteiger partial charge is 0.339 e. The molecular weight excluding hydrogens is 410 g/mol. The molecule has 0 saturated heterocycles. The van der Waals surface area contributed by atoms with E-state index in [0.717, 1.165) is 53.0 Å². The lowest BCUT2D eigenvalue weighted by Crippen LogP contribution is -2.11. The van der Waals surface area contributed by atoms with Crippen molar-refractivity contribution in [3.05, 3.63) is 87.8 Å². The number of thiophene rings is 1. The summed E-state index contributed by atoms with van der Waals surface area (Å²) in [6, 6.07) is 17.4. The van der Waals surface area contributed by atoms with Crippen LogP contribution in [0.2, 0.25) is 0 Å². The third-order valence-electron chi connectivity index (χ3n) is 5.18. The Labute approximate surface area is 185 Å². The van der Waals surface area contributed by atoms with Gasteiger partial charge in [-0.3, -0.25) is 4.79 Å². The first-order valence-corrected chi connectivity index (χ1v) is 11.1. The van der Waals surface area contributed by atoms with Gasteiger partial charge in [0, 0.05) is 11.0 Å². The summed E-state index contributed by atoms with van der Waals surface area (Å²) < 4.78 is 5.77. The summed E-state index contributed by atoms with van der Waals surface area (Å²) in [4.78, 5) is 25.2. The molecule has 6 heteroatoms. The van der Waals surface area contributed by atoms with Crippen LogP contribution in [0.3, 0.4) is 0 Å². The molecule has 1 aliphatic rings. The van der Waals surface area contributed by atoms with Crippen molar-refractivity contribution in [1.29, 1.82) is 0 Å². The van der Waals surface area contributed by atoms with Crippen LogP contribution in [0.15, 0.2) is 60.7 Å². The van der Waals surface area contributed by atoms with Crippen LogP contribution in [-0.4, -0.2) is 17.0 Å². The topological polar surface area (TPSA) is 75.6 Å². The fourth-order valence-electron chi connectivity index (χ4n) is 3.62. The van der Waals surface area contributed by atoms with E-state index in [9.17, 15) is 14.7 Å². The SMILES string of the molecule is O=C(/C=C/c1ccc(OCc2ccccc2)cc1)Nc1sc2c(c1C(=O)O)CCCC2. The minimum atomic E-state index is -0.982. The largest absolute Gasteiger partial charge is 0.489 e. The van der Waals surface area contributed by atoms with Gasteiger partial charge in [0.25, 0.3) is 0 Å². The number of nitrogens with one attached hydrogen (secondary N) is 1. The van der Waals surface area contributed by atoms with Crippen molar-refractivity contribution in [3.8, 4) is 5.75 Å². The Balaban J connectivity index is 1.37. The monoisotopic (exact) mass is 433 g/mol. The highest BCUT2D eigenvalue weighted by Gasteiger charge is 2.25. The highest BCUT2D eigenvalue weighted by molar-refractivity contribution is 7.17. The number of carboxylic acid groups (broad SMARTS) is 1. The van der Waals surface area contributed by atoms with Gasteiger partial charge in [0.1, 0.15) is 17.4 Å². The molecule has 0 saturated carbocycles. The van der Waals surface area contributed by atoms with Crippen LogP contribution in [0, 0.1) is 0 Å². The number of aromatic carboxylic acids is 1. The molecule has 1 aliphatic carbocycles. The number of anilines is 1. The lowest BCUT2D eigenvalue weighted by molar-refractivity contribution is -0.111. The van der Waals surface area contributed by atoms with Crippen molar-refractivity contribution in [2.24, 2.45) is 0 Å². The Hall–Kier alpha value is -3.38. The maximum absolute atomic E-state index is 12.4. The van der Waals surface area contributed by atoms with E-state index in [-0.39, 0.29) is 11.5 Å². The summed E-state index contributed by atoms with van der Waals surface area (Å²) >= 11 is 1.38. The maximum Gasteiger partial charge on any atom is 0.339 e. The van der Waals surface area contributed by atoms with Crippen LogP contribution in [0.25, 0.3) is 6.08 Å². The zero-order valence-electron chi connectivity index (χ0n) is 17.0. The van der Waals surface area contributed by atoms with Crippen molar-refractivity contribution in [2.45, 2.75) is 32.3 Å². The van der Waals surface area contributed by atoms with Crippen LogP contribution in [0.4, 0.5) is 5.00 Å². The number of amides is 1. The summed E-state index contributed by atoms with van der Waals surface area (Å²) in [5.74, 6) is -0.573. The highest BCUT2D eigenvalue weighted by atomic mass is 32.1. The van der Waals surface area contributed by atoms with Crippen LogP contribution in [0.5, 0.6) is 5.75 Å². The molecule has 31 heavy (non-hydrogen) atoms. The number of benzene rings is 2. The molecule has 0 radical (unpaired) electrons. The van der Waals surface area contributed by atoms with Crippen molar-refractivity contribution in [2.75, 3.05) is 5.32 Å². The molecule has 0 atom stereocenters. The molecule has 0 bridgehead atoms. The van der Waals surface area contributed by atoms with Crippen LogP contribution >= 0.6 is 11.3 Å². The molecule has 1 aromatic heterocycles. The second kappa shape index (κ2) is 9.62. The molecule has 1 amide bonds. The number of ether oxygens (including phenoxy) is 1. The number of hydrogen-bond donors (Lipinski definition) is 2. The van der Waals surface area contributed by atoms with E-state index >= 15 is 0 Å². The highest BCUT2D eigenvalue weighted by Crippen LogP contribution is 2.38. The minimum absolute atomic E-state index is 0.251. The molecule has 5 nitrogen and oxygen atoms in total. The van der Waals surface area contributed by atoms with Gasteiger partial charge in [-0.15, -0.1) is 11.3 Å². The molecule has 0 unspecified atom stereocenters. The fraction of sp³-hybridized carbons (Fsp3) is 0.200. The first-order valence-electron chi connectivity index (χ1n) is 10.2. The molecule has 0 spiro atoms. The molecule has 3 aromatic rings. The lowest BCUT2D eigenvalue weighted by Gasteiger charge is -2.10. The molecule has 4 rings (SSSR count). The Bertz CT molecular complexity index is 1100. The van der Waals surface area contributed by atoms with Gasteiger partial charge >= 0.3 is 5.97 Å². The molecule has 0 aliphatic heterocycles. The zero-order chi connectivity index (χ0) is 21.6. The Morgan fingerprint density at radius 1 is 1.03 bits per heavy atom. The zero-order valence-corrected chi connectivity index (χ0v) is 17.8. The number of hydrogen-bond acceptors (Lipinski definition) is 4. The number of carboxylic acids is 1. The molecule has 2 N–H and O–H groups in total. The third kappa shape index (κ3) is 5.22. The summed E-state index contributed by atoms with van der Waals surface area (Å²) in [6.45, 7) is 0.495. The van der Waals surface area contributed by atoms with E-state index in [1.54, 1.807) is 6.08 Å². The van der Waals surface area contributed by atoms with Crippen molar-refractivity contribution >= 4 is 34.3 Å². The number of fused-ring (bicyclic) bond motifs is 1. The lowest BCUT2D eigenvalue weighted by atomic mass is 9.95. The molecule has 158 valence electrons. The average molecular weight is 434 g/mol. The fourth-order valence-corrected chi connectivity index (χ4v) is 4.91. The van der Waals surface area contributed by atoms with Gasteiger partial charge in [0.15, 0.2) is 0 Å². The van der Waals surface area contributed by atoms with Crippen molar-refractivity contribution in [3.63, 3.8) is 0 Å². The summed E-state index contributed by atoms with van der Waals surface area (Å²) in [7, 11) is 0. The first kappa shape index (κ1) is 20.9. The summed E-state index contributed by atoms with van der Waals surface area (Å²) in [5.41, 5.74) is 3.08. The average Bonchev–Trinajstić information content (AvgIpc) is 3.15. The third-order valence-corrected chi connectivity index (χ3v) is 6.38. The predicted octanol–water partition coefficient (Wildman–Crippen LogP) is 5.56. The normalized spacial score (nSPS) is 13.0. The second-order valence-electron chi connectivity index (χ2n) is 7.39. The predicted molar refractivity (Wildman–Crippen MR) is 123 cm³/mol. The van der Waals surface area contributed by atoms with E-state index in [4.69, 9.17) is 4.74 Å². The van der Waals surface area contributed by atoms with E-state index in [0.29, 0.717) is 11.6 Å². The van der Waals surface area contributed by atoms with Crippen molar-refractivity contribution < 1.29 is 19.4 Å². The van der Waals surface area contributed by atoms with Gasteiger partial charge in [-0.2, -0.15) is 0 Å². The van der Waals surface area contributed by atoms with Gasteiger partial charge in [-0.05, 0) is 60.6 Å². The van der Waals surface area contributed by atoms with Crippen molar-refractivity contribution in [1.82, 2.24) is 0 Å². The van der Waals surface area contributed by atoms with Crippen LogP contribution < -0.4 is 10.1 Å². The summed E-state index contributed by atoms with van der Waals surface area (Å²) in [5, 5.41) is 12.8. The van der Waals surface area contributed by atoms with E-state index in [2.05, 4.69) is 5.32 Å². The Morgan fingerprint density at radius 3 is 2.52 bits per heavy atom. The number of rotatable bonds is 7. The minimum Gasteiger partial charge on any atom is -0.489 e. The van der Waals surface area contributed by atoms with Gasteiger partial charge in [-0.1, -0.05) is 42.5 Å². The molecule has 2 aromatic carbocycles. The standard InChI is InChI=1S/C25H23NO4S/c27-22(26-24-23(25(28)29)20-8-4-5-9-21(20)31-24)15-12-17-10-13-19(14-11-17)30-16-18-6-2-1-3-7-18/h1-3,6-7,10-15H,4-5,8-9,16H2,(H,26,27)(H,28,29)/b15-12+. The number of carbonyl (C=O) groups excluding carboxylic acids is 1. The number of aryl methyl sites for hydroxylation is 1. The van der Waals surface area contributed by atoms with Gasteiger partial charge in [0.05, 0.1) is 5.56 Å². The second-order valence-corrected chi connectivity index (χ2v) is 8.49. The maximum atomic E-state index is 12.4. The summed E-state index contributed by atoms with van der Waals surface area (Å²) in [6.07, 6.45) is 6.81. The first-order chi connectivity index (χ1) is 15.1. The van der Waals surface area contributed by atoms with Crippen LogP contribution in [-0.2, 0) is 24.2 Å². The quantitative estimate of drug-likeness (QED) is 0.479. The van der Waals surface area contributed by atoms with E-state index < -0.39 is 5.97 Å². The molecule has 0 fully saturated rings. The molecule has 1 heterocycles. The van der Waals surface area contributed by atoms with Gasteiger partial charge in [-0.25, -0.2) is 4.79 Å². The molecular formula is C25H23NO4S. The van der Waals surface area contributed by atoms with Gasteiger partial charge < -0.3 is 15.2 Å². The van der Waals surface area contributed by atoms with E-state index in [1.807, 2.05) is 54.6 Å². The van der Waals surface area contributed by atoms with E-state index in [1.165, 1.54) is 17.4 Å². The number of carbonyl (C=O) groups is 2. The van der Waals surface area contributed by atoms with Gasteiger partial charge in [0.2, 0.25) is 5.91 Å². The Morgan fingerprint density at radius 2 is 1.77 bits per heavy atom. The van der Waals surface area contributed by atoms with Crippen LogP contribution in [0.1, 0.15) is 44.8 Å².